The van der Waals surface area contributed by atoms with Crippen molar-refractivity contribution in [2.75, 3.05) is 32.7 Å². The van der Waals surface area contributed by atoms with E-state index in [2.05, 4.69) is 17.1 Å². The average Bonchev–Trinajstić information content (AvgIpc) is 2.65. The number of hydrogen-bond acceptors (Lipinski definition) is 3. The Morgan fingerprint density at radius 3 is 2.38 bits per heavy atom. The normalized spacial score (nSPS) is 17.0. The van der Waals surface area contributed by atoms with Crippen LogP contribution in [-0.2, 0) is 10.0 Å². The Morgan fingerprint density at radius 1 is 1.04 bits per heavy atom. The highest BCUT2D eigenvalue weighted by Gasteiger charge is 2.28. The standard InChI is InChI=1S/C20H23FN2O2S/c1-17-9-10-19(16-20(17)21)26(24,25)23-14-12-22(13-15-23)11-5-8-18-6-3-2-4-7-18/h2-10,16H,11-15H2,1H3/b8-5+. The average molecular weight is 374 g/mol. The van der Waals surface area contributed by atoms with Gasteiger partial charge in [0.1, 0.15) is 5.82 Å². The van der Waals surface area contributed by atoms with Crippen LogP contribution >= 0.6 is 0 Å². The molecule has 0 amide bonds. The topological polar surface area (TPSA) is 40.6 Å². The SMILES string of the molecule is Cc1ccc(S(=O)(=O)N2CCN(C/C=C/c3ccccc3)CC2)cc1F. The number of sulfonamides is 1. The van der Waals surface area contributed by atoms with E-state index in [1.165, 1.54) is 16.4 Å². The van der Waals surface area contributed by atoms with Crippen LogP contribution in [0.2, 0.25) is 0 Å². The van der Waals surface area contributed by atoms with Crippen molar-refractivity contribution in [1.29, 1.82) is 0 Å². The van der Waals surface area contributed by atoms with Gasteiger partial charge in [-0.15, -0.1) is 0 Å². The van der Waals surface area contributed by atoms with Crippen LogP contribution in [0.25, 0.3) is 6.08 Å². The van der Waals surface area contributed by atoms with Crippen molar-refractivity contribution < 1.29 is 12.8 Å². The van der Waals surface area contributed by atoms with Crippen molar-refractivity contribution >= 4 is 16.1 Å². The third-order valence-electron chi connectivity index (χ3n) is 4.59. The van der Waals surface area contributed by atoms with Crippen molar-refractivity contribution in [2.45, 2.75) is 11.8 Å². The number of rotatable bonds is 5. The molecule has 26 heavy (non-hydrogen) atoms. The fraction of sp³-hybridized carbons (Fsp3) is 0.300. The van der Waals surface area contributed by atoms with Gasteiger partial charge in [-0.2, -0.15) is 4.31 Å². The Kier molecular flexibility index (Phi) is 5.86. The molecule has 1 aliphatic heterocycles. The highest BCUT2D eigenvalue weighted by Crippen LogP contribution is 2.20. The highest BCUT2D eigenvalue weighted by atomic mass is 32.2. The van der Waals surface area contributed by atoms with Gasteiger partial charge in [0.15, 0.2) is 0 Å². The van der Waals surface area contributed by atoms with Crippen LogP contribution in [0.5, 0.6) is 0 Å². The van der Waals surface area contributed by atoms with E-state index < -0.39 is 15.8 Å². The second-order valence-electron chi connectivity index (χ2n) is 6.43. The molecule has 4 nitrogen and oxygen atoms in total. The molecular weight excluding hydrogens is 351 g/mol. The quantitative estimate of drug-likeness (QED) is 0.807. The van der Waals surface area contributed by atoms with Crippen LogP contribution in [0.1, 0.15) is 11.1 Å². The van der Waals surface area contributed by atoms with Gasteiger partial charge in [0.05, 0.1) is 4.90 Å². The van der Waals surface area contributed by atoms with E-state index in [9.17, 15) is 12.8 Å². The van der Waals surface area contributed by atoms with Gasteiger partial charge in [-0.05, 0) is 30.2 Å². The third kappa shape index (κ3) is 4.38. The molecular formula is C20H23FN2O2S. The van der Waals surface area contributed by atoms with Crippen molar-refractivity contribution in [3.05, 3.63) is 71.6 Å². The molecule has 0 bridgehead atoms. The van der Waals surface area contributed by atoms with E-state index in [1.54, 1.807) is 6.92 Å². The minimum absolute atomic E-state index is 0.0259. The predicted octanol–water partition coefficient (Wildman–Crippen LogP) is 3.15. The zero-order valence-corrected chi connectivity index (χ0v) is 15.6. The number of aryl methyl sites for hydroxylation is 1. The zero-order chi connectivity index (χ0) is 18.6. The fourth-order valence-electron chi connectivity index (χ4n) is 2.94. The van der Waals surface area contributed by atoms with Crippen molar-refractivity contribution in [3.63, 3.8) is 0 Å². The smallest absolute Gasteiger partial charge is 0.243 e. The Morgan fingerprint density at radius 2 is 1.73 bits per heavy atom. The van der Waals surface area contributed by atoms with Crippen molar-refractivity contribution in [1.82, 2.24) is 9.21 Å². The summed E-state index contributed by atoms with van der Waals surface area (Å²) in [6.45, 7) is 4.54. The molecule has 0 unspecified atom stereocenters. The summed E-state index contributed by atoms with van der Waals surface area (Å²) < 4.78 is 40.5. The molecule has 0 N–H and O–H groups in total. The van der Waals surface area contributed by atoms with Gasteiger partial charge in [0.2, 0.25) is 10.0 Å². The van der Waals surface area contributed by atoms with E-state index in [1.807, 2.05) is 30.3 Å². The highest BCUT2D eigenvalue weighted by molar-refractivity contribution is 7.89. The van der Waals surface area contributed by atoms with E-state index in [0.717, 1.165) is 18.2 Å². The van der Waals surface area contributed by atoms with Gasteiger partial charge in [-0.3, -0.25) is 4.90 Å². The number of benzene rings is 2. The summed E-state index contributed by atoms with van der Waals surface area (Å²) in [6.07, 6.45) is 4.16. The maximum Gasteiger partial charge on any atom is 0.243 e. The Labute approximate surface area is 154 Å². The lowest BCUT2D eigenvalue weighted by atomic mass is 10.2. The van der Waals surface area contributed by atoms with Gasteiger partial charge in [0.25, 0.3) is 0 Å². The second kappa shape index (κ2) is 8.12. The molecule has 138 valence electrons. The van der Waals surface area contributed by atoms with Crippen molar-refractivity contribution in [3.8, 4) is 0 Å². The Bertz CT molecular complexity index is 874. The first-order valence-corrected chi connectivity index (χ1v) is 10.1. The van der Waals surface area contributed by atoms with Crippen LogP contribution in [0.4, 0.5) is 4.39 Å². The molecule has 1 aliphatic rings. The first-order valence-electron chi connectivity index (χ1n) is 8.67. The summed E-state index contributed by atoms with van der Waals surface area (Å²) in [5.41, 5.74) is 1.59. The molecule has 0 radical (unpaired) electrons. The van der Waals surface area contributed by atoms with Crippen LogP contribution in [0.3, 0.4) is 0 Å². The zero-order valence-electron chi connectivity index (χ0n) is 14.8. The Hall–Kier alpha value is -2.02. The first kappa shape index (κ1) is 18.8. The maximum atomic E-state index is 13.7. The summed E-state index contributed by atoms with van der Waals surface area (Å²) in [6, 6.07) is 14.2. The molecule has 1 heterocycles. The van der Waals surface area contributed by atoms with Gasteiger partial charge in [0, 0.05) is 32.7 Å². The molecule has 0 saturated carbocycles. The molecule has 1 fully saturated rings. The lowest BCUT2D eigenvalue weighted by Crippen LogP contribution is -2.48. The summed E-state index contributed by atoms with van der Waals surface area (Å²) in [4.78, 5) is 2.24. The molecule has 6 heteroatoms. The summed E-state index contributed by atoms with van der Waals surface area (Å²) in [5, 5.41) is 0. The van der Waals surface area contributed by atoms with Crippen LogP contribution in [0.15, 0.2) is 59.5 Å². The fourth-order valence-corrected chi connectivity index (χ4v) is 4.37. The summed E-state index contributed by atoms with van der Waals surface area (Å²) in [7, 11) is -3.64. The lowest BCUT2D eigenvalue weighted by molar-refractivity contribution is 0.204. The van der Waals surface area contributed by atoms with E-state index in [-0.39, 0.29) is 4.90 Å². The van der Waals surface area contributed by atoms with Crippen LogP contribution < -0.4 is 0 Å². The minimum Gasteiger partial charge on any atom is -0.297 e. The number of nitrogens with zero attached hydrogens (tertiary/aromatic N) is 2. The maximum absolute atomic E-state index is 13.7. The molecule has 0 aromatic heterocycles. The van der Waals surface area contributed by atoms with E-state index in [0.29, 0.717) is 31.7 Å². The molecule has 0 spiro atoms. The van der Waals surface area contributed by atoms with E-state index in [4.69, 9.17) is 0 Å². The molecule has 0 atom stereocenters. The molecule has 2 aromatic rings. The summed E-state index contributed by atoms with van der Waals surface area (Å²) in [5.74, 6) is -0.490. The first-order chi connectivity index (χ1) is 12.5. The second-order valence-corrected chi connectivity index (χ2v) is 8.37. The van der Waals surface area contributed by atoms with Gasteiger partial charge in [-0.25, -0.2) is 12.8 Å². The molecule has 0 aliphatic carbocycles. The molecule has 3 rings (SSSR count). The summed E-state index contributed by atoms with van der Waals surface area (Å²) >= 11 is 0. The van der Waals surface area contributed by atoms with Gasteiger partial charge >= 0.3 is 0 Å². The van der Waals surface area contributed by atoms with Gasteiger partial charge < -0.3 is 0 Å². The lowest BCUT2D eigenvalue weighted by Gasteiger charge is -2.33. The molecule has 1 saturated heterocycles. The van der Waals surface area contributed by atoms with Crippen LogP contribution in [0, 0.1) is 12.7 Å². The van der Waals surface area contributed by atoms with Crippen molar-refractivity contribution in [2.24, 2.45) is 0 Å². The number of hydrogen-bond donors (Lipinski definition) is 0. The number of halogens is 1. The molecule has 2 aromatic carbocycles. The largest absolute Gasteiger partial charge is 0.297 e. The third-order valence-corrected chi connectivity index (χ3v) is 6.48. The minimum atomic E-state index is -3.64. The Balaban J connectivity index is 1.57. The number of piperazine rings is 1. The van der Waals surface area contributed by atoms with Crippen LogP contribution in [-0.4, -0.2) is 50.3 Å². The predicted molar refractivity (Wildman–Crippen MR) is 102 cm³/mol. The monoisotopic (exact) mass is 374 g/mol. The van der Waals surface area contributed by atoms with Gasteiger partial charge in [-0.1, -0.05) is 48.6 Å². The van der Waals surface area contributed by atoms with E-state index >= 15 is 0 Å².